The highest BCUT2D eigenvalue weighted by molar-refractivity contribution is 6.21. The lowest BCUT2D eigenvalue weighted by atomic mass is 10.4. The molecule has 9 heavy (non-hydrogen) atoms. The summed E-state index contributed by atoms with van der Waals surface area (Å²) in [5.74, 6) is 0. The van der Waals surface area contributed by atoms with E-state index in [1.807, 2.05) is 0 Å². The molecule has 0 fully saturated rings. The molecule has 0 N–H and O–H groups in total. The Bertz CT molecular complexity index is 166. The highest BCUT2D eigenvalue weighted by Crippen LogP contribution is 2.11. The minimum absolute atomic E-state index is 0.342. The Labute approximate surface area is 57.6 Å². The zero-order chi connectivity index (χ0) is 6.85. The summed E-state index contributed by atoms with van der Waals surface area (Å²) in [4.78, 5) is 3.71. The zero-order valence-electron chi connectivity index (χ0n) is 4.88. The van der Waals surface area contributed by atoms with Crippen LogP contribution in [0, 0.1) is 0 Å². The molecule has 1 aliphatic rings. The van der Waals surface area contributed by atoms with Gasteiger partial charge in [0.2, 0.25) is 5.62 Å². The molecule has 1 rings (SSSR count). The maximum Gasteiger partial charge on any atom is 0.224 e. The van der Waals surface area contributed by atoms with Crippen LogP contribution in [0.1, 0.15) is 6.92 Å². The van der Waals surface area contributed by atoms with Gasteiger partial charge in [-0.2, -0.15) is 5.12 Å². The van der Waals surface area contributed by atoms with Crippen molar-refractivity contribution in [3.63, 3.8) is 0 Å². The minimum Gasteiger partial charge on any atom is -0.247 e. The number of nitrogens with zero attached hydrogens (tertiary/aromatic N) is 2. The van der Waals surface area contributed by atoms with Crippen LogP contribution in [0.5, 0.6) is 0 Å². The van der Waals surface area contributed by atoms with E-state index >= 15 is 0 Å². The van der Waals surface area contributed by atoms with E-state index in [-0.39, 0.29) is 0 Å². The largest absolute Gasteiger partial charge is 0.247 e. The van der Waals surface area contributed by atoms with Crippen molar-refractivity contribution in [2.45, 2.75) is 12.5 Å². The predicted octanol–water partition coefficient (Wildman–Crippen LogP) is 1.68. The summed E-state index contributed by atoms with van der Waals surface area (Å²) in [7, 11) is 0. The molecular weight excluding hydrogens is 143 g/mol. The molecule has 0 bridgehead atoms. The van der Waals surface area contributed by atoms with Crippen LogP contribution in [-0.2, 0) is 0 Å². The van der Waals surface area contributed by atoms with Crippen LogP contribution in [0.15, 0.2) is 17.3 Å². The third-order valence-corrected chi connectivity index (χ3v) is 1.26. The second-order valence-electron chi connectivity index (χ2n) is 1.74. The van der Waals surface area contributed by atoms with Gasteiger partial charge in [-0.3, -0.25) is 0 Å². The summed E-state index contributed by atoms with van der Waals surface area (Å²) < 4.78 is 12.3. The fraction of sp³-hybridized carbons (Fsp3) is 0.400. The van der Waals surface area contributed by atoms with Crippen molar-refractivity contribution in [1.82, 2.24) is 5.12 Å². The van der Waals surface area contributed by atoms with Crippen LogP contribution >= 0.6 is 11.6 Å². The number of hydrogen-bond acceptors (Lipinski definition) is 2. The van der Waals surface area contributed by atoms with Gasteiger partial charge in [-0.25, -0.2) is 4.99 Å². The first-order chi connectivity index (χ1) is 4.20. The average molecular weight is 149 g/mol. The molecule has 1 unspecified atom stereocenters. The van der Waals surface area contributed by atoms with Crippen molar-refractivity contribution in [1.29, 1.82) is 0 Å². The number of allylic oxidation sites excluding steroid dienone is 1. The van der Waals surface area contributed by atoms with Gasteiger partial charge in [-0.1, -0.05) is 16.1 Å². The summed E-state index contributed by atoms with van der Waals surface area (Å²) in [6, 6.07) is 0. The van der Waals surface area contributed by atoms with Crippen LogP contribution in [0.25, 0.3) is 0 Å². The standard InChI is InChI=1S/C5H6ClFN2/c1-4-2-3-9(7)5(6)8-4/h2-3,5H,1H3. The molecule has 0 radical (unpaired) electrons. The quantitative estimate of drug-likeness (QED) is 0.290. The van der Waals surface area contributed by atoms with Gasteiger partial charge in [0.05, 0.1) is 0 Å². The minimum atomic E-state index is -0.880. The Morgan fingerprint density at radius 3 is 3.00 bits per heavy atom. The van der Waals surface area contributed by atoms with Gasteiger partial charge in [0.1, 0.15) is 0 Å². The summed E-state index contributed by atoms with van der Waals surface area (Å²) in [6.45, 7) is 1.76. The molecule has 1 aliphatic heterocycles. The Balaban J connectivity index is 2.70. The van der Waals surface area contributed by atoms with Crippen molar-refractivity contribution in [3.8, 4) is 0 Å². The van der Waals surface area contributed by atoms with E-state index < -0.39 is 5.62 Å². The molecule has 0 aromatic heterocycles. The lowest BCUT2D eigenvalue weighted by Crippen LogP contribution is -2.19. The Kier molecular flexibility index (Phi) is 1.71. The van der Waals surface area contributed by atoms with Crippen molar-refractivity contribution >= 4 is 17.3 Å². The molecular formula is C5H6ClFN2. The lowest BCUT2D eigenvalue weighted by Gasteiger charge is -2.15. The zero-order valence-corrected chi connectivity index (χ0v) is 5.64. The van der Waals surface area contributed by atoms with Gasteiger partial charge in [0.25, 0.3) is 0 Å². The van der Waals surface area contributed by atoms with E-state index in [2.05, 4.69) is 4.99 Å². The molecule has 0 saturated carbocycles. The van der Waals surface area contributed by atoms with Crippen LogP contribution < -0.4 is 0 Å². The number of aliphatic imine (C=N–C) groups is 1. The van der Waals surface area contributed by atoms with Gasteiger partial charge in [0.15, 0.2) is 0 Å². The molecule has 1 heterocycles. The van der Waals surface area contributed by atoms with Crippen LogP contribution in [0.3, 0.4) is 0 Å². The maximum atomic E-state index is 12.3. The first kappa shape index (κ1) is 6.55. The molecule has 50 valence electrons. The Morgan fingerprint density at radius 2 is 2.56 bits per heavy atom. The summed E-state index contributed by atoms with van der Waals surface area (Å²) in [6.07, 6.45) is 2.80. The third kappa shape index (κ3) is 1.42. The first-order valence-electron chi connectivity index (χ1n) is 2.51. The highest BCUT2D eigenvalue weighted by atomic mass is 35.5. The number of hydrogen-bond donors (Lipinski definition) is 0. The maximum absolute atomic E-state index is 12.3. The van der Waals surface area contributed by atoms with Crippen molar-refractivity contribution in [3.05, 3.63) is 12.3 Å². The summed E-state index contributed by atoms with van der Waals surface area (Å²) >= 11 is 5.37. The SMILES string of the molecule is CC1=NC(Cl)N(F)C=C1. The van der Waals surface area contributed by atoms with Crippen LogP contribution in [0.4, 0.5) is 4.48 Å². The molecule has 1 atom stereocenters. The predicted molar refractivity (Wildman–Crippen MR) is 34.8 cm³/mol. The Morgan fingerprint density at radius 1 is 1.89 bits per heavy atom. The van der Waals surface area contributed by atoms with E-state index in [4.69, 9.17) is 11.6 Å². The molecule has 0 aromatic carbocycles. The van der Waals surface area contributed by atoms with Crippen molar-refractivity contribution in [2.24, 2.45) is 4.99 Å². The van der Waals surface area contributed by atoms with Gasteiger partial charge in [-0.15, -0.1) is 0 Å². The van der Waals surface area contributed by atoms with Crippen LogP contribution in [0.2, 0.25) is 0 Å². The Hall–Kier alpha value is -0.570. The topological polar surface area (TPSA) is 15.6 Å². The number of rotatable bonds is 0. The molecule has 0 amide bonds. The van der Waals surface area contributed by atoms with E-state index in [1.165, 1.54) is 6.20 Å². The third-order valence-electron chi connectivity index (χ3n) is 0.972. The normalized spacial score (nSPS) is 26.3. The number of alkyl halides is 1. The first-order valence-corrected chi connectivity index (χ1v) is 2.94. The van der Waals surface area contributed by atoms with Gasteiger partial charge >= 0.3 is 0 Å². The molecule has 4 heteroatoms. The van der Waals surface area contributed by atoms with Gasteiger partial charge in [0, 0.05) is 11.9 Å². The average Bonchev–Trinajstić information content (AvgIpc) is 1.80. The van der Waals surface area contributed by atoms with Crippen molar-refractivity contribution < 1.29 is 4.48 Å². The molecule has 0 aliphatic carbocycles. The van der Waals surface area contributed by atoms with Gasteiger partial charge < -0.3 is 0 Å². The van der Waals surface area contributed by atoms with E-state index in [0.29, 0.717) is 5.12 Å². The second kappa shape index (κ2) is 2.35. The molecule has 0 saturated heterocycles. The monoisotopic (exact) mass is 148 g/mol. The molecule has 0 spiro atoms. The summed E-state index contributed by atoms with van der Waals surface area (Å²) in [5.41, 5.74) is -0.140. The number of halogens is 2. The highest BCUT2D eigenvalue weighted by Gasteiger charge is 2.12. The lowest BCUT2D eigenvalue weighted by molar-refractivity contribution is 0.0738. The van der Waals surface area contributed by atoms with Crippen LogP contribution in [-0.4, -0.2) is 16.5 Å². The van der Waals surface area contributed by atoms with Gasteiger partial charge in [-0.05, 0) is 13.0 Å². The fourth-order valence-electron chi connectivity index (χ4n) is 0.516. The molecule has 0 aromatic rings. The van der Waals surface area contributed by atoms with Crippen molar-refractivity contribution in [2.75, 3.05) is 0 Å². The van der Waals surface area contributed by atoms with E-state index in [1.54, 1.807) is 13.0 Å². The molecule has 2 nitrogen and oxygen atoms in total. The fourth-order valence-corrected chi connectivity index (χ4v) is 0.735. The van der Waals surface area contributed by atoms with E-state index in [0.717, 1.165) is 5.71 Å². The second-order valence-corrected chi connectivity index (χ2v) is 2.13. The smallest absolute Gasteiger partial charge is 0.224 e. The summed E-state index contributed by atoms with van der Waals surface area (Å²) in [5, 5.41) is 0.342. The van der Waals surface area contributed by atoms with E-state index in [9.17, 15) is 4.48 Å².